The molecule has 1 heterocycles. The first kappa shape index (κ1) is 18.6. The highest BCUT2D eigenvalue weighted by Gasteiger charge is 2.09. The number of amides is 1. The van der Waals surface area contributed by atoms with Crippen LogP contribution < -0.4 is 10.9 Å². The van der Waals surface area contributed by atoms with E-state index < -0.39 is 0 Å². The van der Waals surface area contributed by atoms with E-state index in [1.165, 1.54) is 11.6 Å². The zero-order valence-electron chi connectivity index (χ0n) is 16.0. The second kappa shape index (κ2) is 8.04. The number of anilines is 1. The number of hydrogen-bond acceptors (Lipinski definition) is 2. The molecule has 0 saturated carbocycles. The van der Waals surface area contributed by atoms with Gasteiger partial charge in [-0.25, -0.2) is 0 Å². The van der Waals surface area contributed by atoms with E-state index in [-0.39, 0.29) is 11.5 Å². The molecule has 4 nitrogen and oxygen atoms in total. The average molecular weight is 360 g/mol. The van der Waals surface area contributed by atoms with E-state index >= 15 is 0 Å². The van der Waals surface area contributed by atoms with Gasteiger partial charge in [-0.2, -0.15) is 0 Å². The summed E-state index contributed by atoms with van der Waals surface area (Å²) in [5, 5.41) is 2.89. The molecule has 27 heavy (non-hydrogen) atoms. The first-order valence-electron chi connectivity index (χ1n) is 9.13. The molecule has 0 aliphatic carbocycles. The lowest BCUT2D eigenvalue weighted by Gasteiger charge is -2.12. The van der Waals surface area contributed by atoms with E-state index in [4.69, 9.17) is 0 Å². The topological polar surface area (TPSA) is 51.1 Å². The number of pyridine rings is 1. The first-order chi connectivity index (χ1) is 13.0. The van der Waals surface area contributed by atoms with Crippen molar-refractivity contribution < 1.29 is 4.79 Å². The summed E-state index contributed by atoms with van der Waals surface area (Å²) in [6.45, 7) is 6.58. The number of carbonyl (C=O) groups excluding carboxylic acids is 1. The molecule has 0 aliphatic rings. The smallest absolute Gasteiger partial charge is 0.257 e. The molecule has 0 saturated heterocycles. The molecule has 2 aromatic carbocycles. The van der Waals surface area contributed by atoms with E-state index in [0.717, 1.165) is 28.8 Å². The summed E-state index contributed by atoms with van der Waals surface area (Å²) in [7, 11) is 0. The largest absolute Gasteiger partial charge is 0.322 e. The maximum absolute atomic E-state index is 12.6. The predicted octanol–water partition coefficient (Wildman–Crippen LogP) is 4.33. The van der Waals surface area contributed by atoms with E-state index in [0.29, 0.717) is 12.1 Å². The molecule has 4 heteroatoms. The number of aryl methyl sites for hydroxylation is 3. The minimum Gasteiger partial charge on any atom is -0.322 e. The number of benzene rings is 2. The quantitative estimate of drug-likeness (QED) is 0.736. The van der Waals surface area contributed by atoms with Gasteiger partial charge in [-0.15, -0.1) is 0 Å². The van der Waals surface area contributed by atoms with E-state index in [9.17, 15) is 9.59 Å². The van der Waals surface area contributed by atoms with Crippen LogP contribution in [0.4, 0.5) is 5.69 Å². The SMILES string of the molecule is CCc1ccc(NC(=O)c2ccc(=O)n(Cc3cc(C)ccc3C)c2)cc1. The van der Waals surface area contributed by atoms with Crippen molar-refractivity contribution in [2.24, 2.45) is 0 Å². The maximum Gasteiger partial charge on any atom is 0.257 e. The standard InChI is InChI=1S/C23H24N2O2/c1-4-18-7-10-21(11-8-18)24-23(27)19-9-12-22(26)25(14-19)15-20-13-16(2)5-6-17(20)3/h5-14H,4,15H2,1-3H3,(H,24,27). The monoisotopic (exact) mass is 360 g/mol. The lowest BCUT2D eigenvalue weighted by molar-refractivity contribution is 0.102. The Kier molecular flexibility index (Phi) is 5.55. The van der Waals surface area contributed by atoms with Gasteiger partial charge in [-0.3, -0.25) is 9.59 Å². The lowest BCUT2D eigenvalue weighted by Crippen LogP contribution is -2.23. The van der Waals surface area contributed by atoms with Crippen molar-refractivity contribution in [2.75, 3.05) is 5.32 Å². The molecular weight excluding hydrogens is 336 g/mol. The fraction of sp³-hybridized carbons (Fsp3) is 0.217. The Hall–Kier alpha value is -3.14. The molecular formula is C23H24N2O2. The number of carbonyl (C=O) groups is 1. The van der Waals surface area contributed by atoms with Crippen LogP contribution in [0.5, 0.6) is 0 Å². The van der Waals surface area contributed by atoms with Gasteiger partial charge in [0, 0.05) is 18.0 Å². The van der Waals surface area contributed by atoms with Gasteiger partial charge in [-0.1, -0.05) is 42.8 Å². The highest BCUT2D eigenvalue weighted by Crippen LogP contribution is 2.14. The molecule has 1 amide bonds. The van der Waals surface area contributed by atoms with Crippen molar-refractivity contribution in [3.05, 3.63) is 99.0 Å². The zero-order valence-corrected chi connectivity index (χ0v) is 16.0. The zero-order chi connectivity index (χ0) is 19.4. The fourth-order valence-electron chi connectivity index (χ4n) is 2.97. The Labute approximate surface area is 159 Å². The summed E-state index contributed by atoms with van der Waals surface area (Å²) in [5.74, 6) is -0.228. The second-order valence-electron chi connectivity index (χ2n) is 6.82. The van der Waals surface area contributed by atoms with Crippen molar-refractivity contribution in [2.45, 2.75) is 33.7 Å². The second-order valence-corrected chi connectivity index (χ2v) is 6.82. The fourth-order valence-corrected chi connectivity index (χ4v) is 2.97. The number of nitrogens with one attached hydrogen (secondary N) is 1. The van der Waals surface area contributed by atoms with Crippen LogP contribution >= 0.6 is 0 Å². The van der Waals surface area contributed by atoms with Crippen LogP contribution in [0.15, 0.2) is 65.6 Å². The van der Waals surface area contributed by atoms with Crippen LogP contribution in [-0.4, -0.2) is 10.5 Å². The molecule has 3 aromatic rings. The third kappa shape index (κ3) is 4.53. The molecule has 0 atom stereocenters. The number of nitrogens with zero attached hydrogens (tertiary/aromatic N) is 1. The lowest BCUT2D eigenvalue weighted by atomic mass is 10.1. The van der Waals surface area contributed by atoms with Crippen LogP contribution in [0.3, 0.4) is 0 Å². The summed E-state index contributed by atoms with van der Waals surface area (Å²) in [5.41, 5.74) is 5.63. The first-order valence-corrected chi connectivity index (χ1v) is 9.13. The van der Waals surface area contributed by atoms with Gasteiger partial charge in [-0.05, 0) is 55.2 Å². The number of hydrogen-bond donors (Lipinski definition) is 1. The average Bonchev–Trinajstić information content (AvgIpc) is 2.67. The van der Waals surface area contributed by atoms with E-state index in [2.05, 4.69) is 24.4 Å². The van der Waals surface area contributed by atoms with Crippen LogP contribution in [0.25, 0.3) is 0 Å². The molecule has 0 fully saturated rings. The van der Waals surface area contributed by atoms with Crippen LogP contribution in [0.2, 0.25) is 0 Å². The van der Waals surface area contributed by atoms with Crippen molar-refractivity contribution in [1.82, 2.24) is 4.57 Å². The molecule has 138 valence electrons. The Morgan fingerprint density at radius 2 is 1.74 bits per heavy atom. The van der Waals surface area contributed by atoms with E-state index in [1.54, 1.807) is 16.8 Å². The highest BCUT2D eigenvalue weighted by atomic mass is 16.2. The van der Waals surface area contributed by atoms with Crippen LogP contribution in [0.1, 0.15) is 39.5 Å². The Balaban J connectivity index is 1.82. The van der Waals surface area contributed by atoms with Gasteiger partial charge >= 0.3 is 0 Å². The van der Waals surface area contributed by atoms with Crippen molar-refractivity contribution in [1.29, 1.82) is 0 Å². The minimum atomic E-state index is -0.228. The Morgan fingerprint density at radius 3 is 2.44 bits per heavy atom. The summed E-state index contributed by atoms with van der Waals surface area (Å²) >= 11 is 0. The molecule has 1 N–H and O–H groups in total. The van der Waals surface area contributed by atoms with Crippen molar-refractivity contribution in [3.63, 3.8) is 0 Å². The molecule has 0 unspecified atom stereocenters. The van der Waals surface area contributed by atoms with Crippen LogP contribution in [0, 0.1) is 13.8 Å². The molecule has 0 bridgehead atoms. The molecule has 3 rings (SSSR count). The minimum absolute atomic E-state index is 0.125. The van der Waals surface area contributed by atoms with Gasteiger partial charge in [0.05, 0.1) is 12.1 Å². The van der Waals surface area contributed by atoms with E-state index in [1.807, 2.05) is 44.2 Å². The van der Waals surface area contributed by atoms with Gasteiger partial charge in [0.1, 0.15) is 0 Å². The van der Waals surface area contributed by atoms with Gasteiger partial charge in [0.15, 0.2) is 0 Å². The Bertz CT molecular complexity index is 1020. The summed E-state index contributed by atoms with van der Waals surface area (Å²) in [6, 6.07) is 17.0. The number of aromatic nitrogens is 1. The number of rotatable bonds is 5. The third-order valence-electron chi connectivity index (χ3n) is 4.71. The molecule has 0 radical (unpaired) electrons. The van der Waals surface area contributed by atoms with Crippen LogP contribution in [-0.2, 0) is 13.0 Å². The van der Waals surface area contributed by atoms with Gasteiger partial charge in [0.2, 0.25) is 0 Å². The normalized spacial score (nSPS) is 10.6. The van der Waals surface area contributed by atoms with Gasteiger partial charge in [0.25, 0.3) is 11.5 Å². The molecule has 0 spiro atoms. The summed E-state index contributed by atoms with van der Waals surface area (Å²) in [4.78, 5) is 24.8. The third-order valence-corrected chi connectivity index (χ3v) is 4.71. The summed E-state index contributed by atoms with van der Waals surface area (Å²) in [6.07, 6.45) is 2.58. The Morgan fingerprint density at radius 1 is 1.00 bits per heavy atom. The maximum atomic E-state index is 12.6. The molecule has 0 aliphatic heterocycles. The van der Waals surface area contributed by atoms with Crippen molar-refractivity contribution >= 4 is 11.6 Å². The summed E-state index contributed by atoms with van der Waals surface area (Å²) < 4.78 is 1.58. The predicted molar refractivity (Wildman–Crippen MR) is 109 cm³/mol. The van der Waals surface area contributed by atoms with Gasteiger partial charge < -0.3 is 9.88 Å². The van der Waals surface area contributed by atoms with Crippen molar-refractivity contribution in [3.8, 4) is 0 Å². The highest BCUT2D eigenvalue weighted by molar-refractivity contribution is 6.04. The molecule has 1 aromatic heterocycles.